The summed E-state index contributed by atoms with van der Waals surface area (Å²) in [5, 5.41) is 9.07. The van der Waals surface area contributed by atoms with Crippen LogP contribution in [-0.4, -0.2) is 11.1 Å². The van der Waals surface area contributed by atoms with Gasteiger partial charge in [-0.25, -0.2) is 4.79 Å². The number of halogens is 2. The van der Waals surface area contributed by atoms with E-state index in [2.05, 4.69) is 15.9 Å². The SMILES string of the molecule is O=C(O)c1ccc(Oc2ccc(Br)cc2Cl)o1. The summed E-state index contributed by atoms with van der Waals surface area (Å²) in [5.74, 6) is -0.872. The van der Waals surface area contributed by atoms with Crippen molar-refractivity contribution in [2.75, 3.05) is 0 Å². The first-order valence-electron chi connectivity index (χ1n) is 4.52. The van der Waals surface area contributed by atoms with E-state index < -0.39 is 5.97 Å². The van der Waals surface area contributed by atoms with Crippen molar-refractivity contribution >= 4 is 33.5 Å². The molecule has 2 rings (SSSR count). The summed E-state index contributed by atoms with van der Waals surface area (Å²) < 4.78 is 11.1. The van der Waals surface area contributed by atoms with E-state index in [1.54, 1.807) is 18.2 Å². The van der Waals surface area contributed by atoms with Crippen molar-refractivity contribution in [1.29, 1.82) is 0 Å². The first-order valence-corrected chi connectivity index (χ1v) is 5.69. The van der Waals surface area contributed by atoms with Crippen molar-refractivity contribution in [3.05, 3.63) is 45.6 Å². The van der Waals surface area contributed by atoms with E-state index in [1.807, 2.05) is 0 Å². The molecule has 0 aliphatic carbocycles. The fourth-order valence-corrected chi connectivity index (χ4v) is 1.87. The highest BCUT2D eigenvalue weighted by molar-refractivity contribution is 9.10. The first kappa shape index (κ1) is 12.0. The fourth-order valence-electron chi connectivity index (χ4n) is 1.16. The van der Waals surface area contributed by atoms with Crippen LogP contribution in [0.2, 0.25) is 5.02 Å². The minimum atomic E-state index is -1.15. The van der Waals surface area contributed by atoms with E-state index in [9.17, 15) is 4.79 Å². The van der Waals surface area contributed by atoms with Crippen LogP contribution >= 0.6 is 27.5 Å². The summed E-state index contributed by atoms with van der Waals surface area (Å²) in [7, 11) is 0. The second kappa shape index (κ2) is 4.81. The Bertz CT molecular complexity index is 564. The van der Waals surface area contributed by atoms with Gasteiger partial charge in [0.15, 0.2) is 0 Å². The molecule has 0 saturated heterocycles. The molecule has 4 nitrogen and oxygen atoms in total. The summed E-state index contributed by atoms with van der Waals surface area (Å²) in [6, 6.07) is 7.79. The molecule has 1 heterocycles. The second-order valence-corrected chi connectivity index (χ2v) is 4.42. The van der Waals surface area contributed by atoms with Gasteiger partial charge in [0.05, 0.1) is 5.02 Å². The Balaban J connectivity index is 2.22. The maximum Gasteiger partial charge on any atom is 0.371 e. The number of hydrogen-bond acceptors (Lipinski definition) is 3. The Morgan fingerprint density at radius 2 is 2.12 bits per heavy atom. The molecule has 2 aromatic rings. The molecule has 0 fully saturated rings. The van der Waals surface area contributed by atoms with Crippen molar-refractivity contribution in [3.63, 3.8) is 0 Å². The highest BCUT2D eigenvalue weighted by Gasteiger charge is 2.11. The molecule has 0 bridgehead atoms. The van der Waals surface area contributed by atoms with Gasteiger partial charge < -0.3 is 14.3 Å². The van der Waals surface area contributed by atoms with Crippen LogP contribution in [0.25, 0.3) is 0 Å². The standard InChI is InChI=1S/C11H6BrClO4/c12-6-1-2-8(7(13)5-6)16-10-4-3-9(17-10)11(14)15/h1-5H,(H,14,15). The molecular formula is C11H6BrClO4. The van der Waals surface area contributed by atoms with E-state index in [4.69, 9.17) is 25.9 Å². The summed E-state index contributed by atoms with van der Waals surface area (Å²) in [6.07, 6.45) is 0. The maximum absolute atomic E-state index is 10.6. The number of rotatable bonds is 3. The molecule has 0 aliphatic heterocycles. The lowest BCUT2D eigenvalue weighted by atomic mass is 10.3. The van der Waals surface area contributed by atoms with Gasteiger partial charge in [0.2, 0.25) is 5.76 Å². The Kier molecular flexibility index (Phi) is 3.40. The molecule has 1 aromatic carbocycles. The maximum atomic E-state index is 10.6. The van der Waals surface area contributed by atoms with Crippen molar-refractivity contribution in [2.24, 2.45) is 0 Å². The lowest BCUT2D eigenvalue weighted by Crippen LogP contribution is -1.91. The zero-order valence-electron chi connectivity index (χ0n) is 8.31. The topological polar surface area (TPSA) is 59.7 Å². The highest BCUT2D eigenvalue weighted by Crippen LogP contribution is 2.32. The van der Waals surface area contributed by atoms with Gasteiger partial charge in [-0.05, 0) is 24.3 Å². The van der Waals surface area contributed by atoms with Crippen LogP contribution < -0.4 is 4.74 Å². The lowest BCUT2D eigenvalue weighted by Gasteiger charge is -2.04. The summed E-state index contributed by atoms with van der Waals surface area (Å²) in [6.45, 7) is 0. The lowest BCUT2D eigenvalue weighted by molar-refractivity contribution is 0.0657. The zero-order valence-corrected chi connectivity index (χ0v) is 10.7. The van der Waals surface area contributed by atoms with Crippen molar-refractivity contribution < 1.29 is 19.1 Å². The molecule has 6 heteroatoms. The van der Waals surface area contributed by atoms with E-state index >= 15 is 0 Å². The minimum Gasteiger partial charge on any atom is -0.475 e. The third-order valence-corrected chi connectivity index (χ3v) is 2.69. The minimum absolute atomic E-state index is 0.0756. The van der Waals surface area contributed by atoms with E-state index in [1.165, 1.54) is 12.1 Å². The average Bonchev–Trinajstić information content (AvgIpc) is 2.71. The zero-order chi connectivity index (χ0) is 12.4. The number of hydrogen-bond donors (Lipinski definition) is 1. The van der Waals surface area contributed by atoms with E-state index in [0.717, 1.165) is 4.47 Å². The number of carbonyl (C=O) groups is 1. The largest absolute Gasteiger partial charge is 0.475 e. The van der Waals surface area contributed by atoms with E-state index in [0.29, 0.717) is 10.8 Å². The molecular weight excluding hydrogens is 311 g/mol. The number of furan rings is 1. The summed E-state index contributed by atoms with van der Waals surface area (Å²) in [4.78, 5) is 10.6. The Morgan fingerprint density at radius 3 is 2.71 bits per heavy atom. The molecule has 0 amide bonds. The van der Waals surface area contributed by atoms with Gasteiger partial charge in [0, 0.05) is 10.5 Å². The molecule has 0 unspecified atom stereocenters. The summed E-state index contributed by atoms with van der Waals surface area (Å²) in [5.41, 5.74) is 0. The quantitative estimate of drug-likeness (QED) is 0.922. The van der Waals surface area contributed by atoms with Gasteiger partial charge in [0.25, 0.3) is 5.95 Å². The van der Waals surface area contributed by atoms with Crippen LogP contribution in [0.15, 0.2) is 39.2 Å². The van der Waals surface area contributed by atoms with Crippen LogP contribution in [0.5, 0.6) is 11.7 Å². The predicted octanol–water partition coefficient (Wildman–Crippen LogP) is 4.19. The average molecular weight is 318 g/mol. The van der Waals surface area contributed by atoms with Crippen LogP contribution in [-0.2, 0) is 0 Å². The Labute approximate surface area is 110 Å². The monoisotopic (exact) mass is 316 g/mol. The molecule has 0 atom stereocenters. The number of ether oxygens (including phenoxy) is 1. The Morgan fingerprint density at radius 1 is 1.35 bits per heavy atom. The second-order valence-electron chi connectivity index (χ2n) is 3.10. The van der Waals surface area contributed by atoms with Gasteiger partial charge in [-0.2, -0.15) is 0 Å². The molecule has 17 heavy (non-hydrogen) atoms. The number of carboxylic acid groups (broad SMARTS) is 1. The fraction of sp³-hybridized carbons (Fsp3) is 0. The third-order valence-electron chi connectivity index (χ3n) is 1.90. The number of carboxylic acids is 1. The van der Waals surface area contributed by atoms with Crippen molar-refractivity contribution in [3.8, 4) is 11.7 Å². The van der Waals surface area contributed by atoms with E-state index in [-0.39, 0.29) is 11.7 Å². The molecule has 0 spiro atoms. The van der Waals surface area contributed by atoms with Gasteiger partial charge in [0.1, 0.15) is 5.75 Å². The number of aromatic carboxylic acids is 1. The summed E-state index contributed by atoms with van der Waals surface area (Å²) >= 11 is 9.20. The van der Waals surface area contributed by atoms with Crippen LogP contribution in [0.1, 0.15) is 10.6 Å². The normalized spacial score (nSPS) is 10.2. The smallest absolute Gasteiger partial charge is 0.371 e. The van der Waals surface area contributed by atoms with Gasteiger partial charge >= 0.3 is 5.97 Å². The van der Waals surface area contributed by atoms with Gasteiger partial charge in [-0.3, -0.25) is 0 Å². The molecule has 0 aliphatic rings. The van der Waals surface area contributed by atoms with Crippen LogP contribution in [0.4, 0.5) is 0 Å². The van der Waals surface area contributed by atoms with Crippen LogP contribution in [0, 0.1) is 0 Å². The van der Waals surface area contributed by atoms with Crippen molar-refractivity contribution in [2.45, 2.75) is 0 Å². The molecule has 1 aromatic heterocycles. The highest BCUT2D eigenvalue weighted by atomic mass is 79.9. The third kappa shape index (κ3) is 2.81. The first-order chi connectivity index (χ1) is 8.06. The van der Waals surface area contributed by atoms with Gasteiger partial charge in [-0.1, -0.05) is 27.5 Å². The Hall–Kier alpha value is -1.46. The molecule has 1 N–H and O–H groups in total. The van der Waals surface area contributed by atoms with Crippen LogP contribution in [0.3, 0.4) is 0 Å². The molecule has 0 saturated carbocycles. The van der Waals surface area contributed by atoms with Gasteiger partial charge in [-0.15, -0.1) is 0 Å². The van der Waals surface area contributed by atoms with Crippen molar-refractivity contribution in [1.82, 2.24) is 0 Å². The number of benzene rings is 1. The molecule has 0 radical (unpaired) electrons. The molecule has 88 valence electrons. The predicted molar refractivity (Wildman–Crippen MR) is 64.9 cm³/mol.